The Morgan fingerprint density at radius 2 is 2.20 bits per heavy atom. The van der Waals surface area contributed by atoms with Gasteiger partial charge in [-0.2, -0.15) is 0 Å². The van der Waals surface area contributed by atoms with Crippen LogP contribution in [0.5, 0.6) is 0 Å². The number of para-hydroxylation sites is 1. The Hall–Kier alpha value is -2.30. The molecule has 1 fully saturated rings. The highest BCUT2D eigenvalue weighted by Crippen LogP contribution is 2.22. The second-order valence-corrected chi connectivity index (χ2v) is 5.02. The summed E-state index contributed by atoms with van der Waals surface area (Å²) >= 11 is 0. The van der Waals surface area contributed by atoms with Gasteiger partial charge in [0.15, 0.2) is 0 Å². The molecule has 5 heteroatoms. The van der Waals surface area contributed by atoms with Gasteiger partial charge >= 0.3 is 0 Å². The number of anilines is 1. The van der Waals surface area contributed by atoms with Gasteiger partial charge in [0.05, 0.1) is 6.20 Å². The number of nitrogens with one attached hydrogen (secondary N) is 1. The zero-order valence-electron chi connectivity index (χ0n) is 11.2. The topological polar surface area (TPSA) is 58.4 Å². The van der Waals surface area contributed by atoms with Crippen molar-refractivity contribution < 1.29 is 9.32 Å². The number of amides is 1. The molecule has 104 valence electrons. The van der Waals surface area contributed by atoms with Crippen LogP contribution in [0.3, 0.4) is 0 Å². The minimum atomic E-state index is -0.194. The Kier molecular flexibility index (Phi) is 3.67. The van der Waals surface area contributed by atoms with Crippen molar-refractivity contribution in [2.75, 3.05) is 24.5 Å². The molecule has 1 aliphatic rings. The van der Waals surface area contributed by atoms with Crippen molar-refractivity contribution in [1.29, 1.82) is 0 Å². The highest BCUT2D eigenvalue weighted by atomic mass is 16.5. The number of carbonyl (C=O) groups excluding carboxylic acids is 1. The van der Waals surface area contributed by atoms with Crippen LogP contribution in [-0.2, 0) is 0 Å². The maximum Gasteiger partial charge on any atom is 0.289 e. The summed E-state index contributed by atoms with van der Waals surface area (Å²) in [6.07, 6.45) is 2.56. The predicted molar refractivity (Wildman–Crippen MR) is 75.6 cm³/mol. The van der Waals surface area contributed by atoms with Crippen LogP contribution in [0.25, 0.3) is 0 Å². The summed E-state index contributed by atoms with van der Waals surface area (Å²) in [5.41, 5.74) is 1.25. The van der Waals surface area contributed by atoms with E-state index >= 15 is 0 Å². The second kappa shape index (κ2) is 5.77. The Bertz CT molecular complexity index is 554. The zero-order valence-corrected chi connectivity index (χ0v) is 11.2. The lowest BCUT2D eigenvalue weighted by molar-refractivity contribution is 0.0911. The summed E-state index contributed by atoms with van der Waals surface area (Å²) in [6.45, 7) is 2.68. The van der Waals surface area contributed by atoms with Crippen LogP contribution in [0.15, 0.2) is 47.1 Å². The van der Waals surface area contributed by atoms with Crippen molar-refractivity contribution in [1.82, 2.24) is 10.5 Å². The third-order valence-corrected chi connectivity index (χ3v) is 3.62. The lowest BCUT2D eigenvalue weighted by Crippen LogP contribution is -2.30. The van der Waals surface area contributed by atoms with E-state index in [0.717, 1.165) is 19.5 Å². The van der Waals surface area contributed by atoms with E-state index in [1.54, 1.807) is 6.07 Å². The fourth-order valence-electron chi connectivity index (χ4n) is 2.53. The van der Waals surface area contributed by atoms with Crippen molar-refractivity contribution in [2.45, 2.75) is 6.42 Å². The number of nitrogens with zero attached hydrogens (tertiary/aromatic N) is 2. The Morgan fingerprint density at radius 1 is 1.35 bits per heavy atom. The van der Waals surface area contributed by atoms with Gasteiger partial charge in [0.25, 0.3) is 5.91 Å². The maximum atomic E-state index is 11.8. The number of aromatic nitrogens is 1. The second-order valence-electron chi connectivity index (χ2n) is 5.02. The van der Waals surface area contributed by atoms with Gasteiger partial charge in [-0.15, -0.1) is 0 Å². The summed E-state index contributed by atoms with van der Waals surface area (Å²) in [4.78, 5) is 14.1. The van der Waals surface area contributed by atoms with E-state index in [1.165, 1.54) is 11.9 Å². The van der Waals surface area contributed by atoms with Crippen LogP contribution in [0.1, 0.15) is 17.0 Å². The number of hydrogen-bond acceptors (Lipinski definition) is 4. The zero-order chi connectivity index (χ0) is 13.8. The number of hydrogen-bond donors (Lipinski definition) is 1. The van der Waals surface area contributed by atoms with Gasteiger partial charge in [-0.3, -0.25) is 4.79 Å². The molecule has 1 amide bonds. The quantitative estimate of drug-likeness (QED) is 0.923. The van der Waals surface area contributed by atoms with Gasteiger partial charge in [-0.25, -0.2) is 0 Å². The Labute approximate surface area is 117 Å². The molecule has 5 nitrogen and oxygen atoms in total. The molecule has 0 radical (unpaired) electrons. The van der Waals surface area contributed by atoms with Gasteiger partial charge in [-0.05, 0) is 24.5 Å². The molecule has 0 bridgehead atoms. The van der Waals surface area contributed by atoms with Gasteiger partial charge in [0, 0.05) is 31.4 Å². The molecule has 1 aliphatic heterocycles. The van der Waals surface area contributed by atoms with E-state index in [9.17, 15) is 4.79 Å². The Balaban J connectivity index is 1.50. The normalized spacial score (nSPS) is 18.2. The fourth-order valence-corrected chi connectivity index (χ4v) is 2.53. The lowest BCUT2D eigenvalue weighted by Gasteiger charge is -2.18. The van der Waals surface area contributed by atoms with E-state index in [2.05, 4.69) is 27.5 Å². The number of carbonyl (C=O) groups is 1. The molecule has 1 aromatic heterocycles. The monoisotopic (exact) mass is 271 g/mol. The summed E-state index contributed by atoms with van der Waals surface area (Å²) in [7, 11) is 0. The first kappa shape index (κ1) is 12.7. The Morgan fingerprint density at radius 3 is 2.95 bits per heavy atom. The predicted octanol–water partition coefficient (Wildman–Crippen LogP) is 1.93. The molecule has 0 aliphatic carbocycles. The number of rotatable bonds is 4. The van der Waals surface area contributed by atoms with Crippen LogP contribution in [0.2, 0.25) is 0 Å². The number of benzene rings is 1. The molecule has 1 atom stereocenters. The maximum absolute atomic E-state index is 11.8. The highest BCUT2D eigenvalue weighted by Gasteiger charge is 2.23. The van der Waals surface area contributed by atoms with Crippen molar-refractivity contribution in [2.24, 2.45) is 5.92 Å². The van der Waals surface area contributed by atoms with E-state index in [0.29, 0.717) is 12.5 Å². The minimum absolute atomic E-state index is 0.194. The van der Waals surface area contributed by atoms with E-state index in [1.807, 2.05) is 18.2 Å². The van der Waals surface area contributed by atoms with Crippen molar-refractivity contribution in [3.63, 3.8) is 0 Å². The molecule has 0 saturated carbocycles. The van der Waals surface area contributed by atoms with Crippen LogP contribution >= 0.6 is 0 Å². The molecule has 3 rings (SSSR count). The average molecular weight is 271 g/mol. The molecule has 2 heterocycles. The van der Waals surface area contributed by atoms with Gasteiger partial charge in [0.1, 0.15) is 0 Å². The van der Waals surface area contributed by atoms with Gasteiger partial charge < -0.3 is 14.7 Å². The summed E-state index contributed by atoms with van der Waals surface area (Å²) < 4.78 is 4.83. The van der Waals surface area contributed by atoms with Gasteiger partial charge in [-0.1, -0.05) is 23.4 Å². The third-order valence-electron chi connectivity index (χ3n) is 3.62. The van der Waals surface area contributed by atoms with Crippen molar-refractivity contribution in [3.8, 4) is 0 Å². The summed E-state index contributed by atoms with van der Waals surface area (Å²) in [6, 6.07) is 11.9. The SMILES string of the molecule is O=C(NCC1CCN(c2ccccc2)C1)c1ccno1. The largest absolute Gasteiger partial charge is 0.371 e. The van der Waals surface area contributed by atoms with Crippen molar-refractivity contribution in [3.05, 3.63) is 48.4 Å². The van der Waals surface area contributed by atoms with Crippen LogP contribution in [-0.4, -0.2) is 30.7 Å². The molecule has 20 heavy (non-hydrogen) atoms. The molecule has 1 unspecified atom stereocenters. The highest BCUT2D eigenvalue weighted by molar-refractivity contribution is 5.91. The standard InChI is InChI=1S/C15H17N3O2/c19-15(14-6-8-17-20-14)16-10-12-7-9-18(11-12)13-4-2-1-3-5-13/h1-6,8,12H,7,9-11H2,(H,16,19). The van der Waals surface area contributed by atoms with Gasteiger partial charge in [0.2, 0.25) is 5.76 Å². The van der Waals surface area contributed by atoms with Crippen LogP contribution in [0.4, 0.5) is 5.69 Å². The molecule has 1 N–H and O–H groups in total. The molecular formula is C15H17N3O2. The first-order chi connectivity index (χ1) is 9.83. The minimum Gasteiger partial charge on any atom is -0.371 e. The molecular weight excluding hydrogens is 254 g/mol. The van der Waals surface area contributed by atoms with Crippen molar-refractivity contribution >= 4 is 11.6 Å². The molecule has 0 spiro atoms. The van der Waals surface area contributed by atoms with E-state index in [-0.39, 0.29) is 11.7 Å². The fraction of sp³-hybridized carbons (Fsp3) is 0.333. The first-order valence-electron chi connectivity index (χ1n) is 6.82. The third kappa shape index (κ3) is 2.82. The smallest absolute Gasteiger partial charge is 0.289 e. The average Bonchev–Trinajstić information content (AvgIpc) is 3.17. The van der Waals surface area contributed by atoms with E-state index < -0.39 is 0 Å². The lowest BCUT2D eigenvalue weighted by atomic mass is 10.1. The first-order valence-corrected chi connectivity index (χ1v) is 6.82. The van der Waals surface area contributed by atoms with Crippen LogP contribution in [0, 0.1) is 5.92 Å². The molecule has 1 saturated heterocycles. The molecule has 2 aromatic rings. The summed E-state index contributed by atoms with van der Waals surface area (Å²) in [5, 5.41) is 6.43. The van der Waals surface area contributed by atoms with E-state index in [4.69, 9.17) is 4.52 Å². The van der Waals surface area contributed by atoms with Crippen LogP contribution < -0.4 is 10.2 Å². The summed E-state index contributed by atoms with van der Waals surface area (Å²) in [5.74, 6) is 0.547. The molecule has 1 aromatic carbocycles.